The summed E-state index contributed by atoms with van der Waals surface area (Å²) >= 11 is 0.307. The van der Waals surface area contributed by atoms with Crippen molar-refractivity contribution in [1.82, 2.24) is 25.6 Å². The van der Waals surface area contributed by atoms with E-state index in [0.717, 1.165) is 24.7 Å². The van der Waals surface area contributed by atoms with Crippen molar-refractivity contribution in [2.75, 3.05) is 11.9 Å². The SMILES string of the molecule is CCNC(=O)Nc1ncc(-c2cncc(C(=O)O)c2)c(-c2nc(C(F)(F)F)c(C(=O)NC3CC3)s2)c1C(=O)O. The second kappa shape index (κ2) is 10.6. The number of carboxylic acid groups (broad SMARTS) is 2. The second-order valence-electron chi connectivity index (χ2n) is 8.27. The minimum absolute atomic E-state index is 0.00259. The molecule has 1 fully saturated rings. The molecule has 3 amide bonds. The first-order valence-electron chi connectivity index (χ1n) is 11.3. The highest BCUT2D eigenvalue weighted by atomic mass is 32.1. The van der Waals surface area contributed by atoms with Crippen LogP contribution in [0.2, 0.25) is 0 Å². The Kier molecular flexibility index (Phi) is 7.49. The van der Waals surface area contributed by atoms with Crippen LogP contribution in [-0.4, -0.2) is 61.6 Å². The summed E-state index contributed by atoms with van der Waals surface area (Å²) in [4.78, 5) is 59.4. The van der Waals surface area contributed by atoms with E-state index in [9.17, 15) is 42.6 Å². The molecule has 0 radical (unpaired) electrons. The average molecular weight is 565 g/mol. The molecular weight excluding hydrogens is 545 g/mol. The van der Waals surface area contributed by atoms with Crippen LogP contribution in [0.3, 0.4) is 0 Å². The van der Waals surface area contributed by atoms with E-state index in [2.05, 4.69) is 30.9 Å². The molecule has 0 aliphatic heterocycles. The number of carboxylic acids is 2. The van der Waals surface area contributed by atoms with Crippen molar-refractivity contribution >= 4 is 41.0 Å². The topological polar surface area (TPSA) is 183 Å². The zero-order chi connectivity index (χ0) is 28.5. The van der Waals surface area contributed by atoms with Gasteiger partial charge in [0.1, 0.15) is 21.3 Å². The summed E-state index contributed by atoms with van der Waals surface area (Å²) in [5.74, 6) is -4.57. The van der Waals surface area contributed by atoms with Gasteiger partial charge >= 0.3 is 24.1 Å². The van der Waals surface area contributed by atoms with E-state index in [-0.39, 0.29) is 29.3 Å². The smallest absolute Gasteiger partial charge is 0.435 e. The van der Waals surface area contributed by atoms with Crippen LogP contribution in [0.5, 0.6) is 0 Å². The first-order valence-corrected chi connectivity index (χ1v) is 12.1. The van der Waals surface area contributed by atoms with Crippen LogP contribution >= 0.6 is 11.3 Å². The number of urea groups is 1. The van der Waals surface area contributed by atoms with Gasteiger partial charge in [-0.25, -0.2) is 24.4 Å². The van der Waals surface area contributed by atoms with Gasteiger partial charge in [-0.05, 0) is 25.8 Å². The molecule has 0 bridgehead atoms. The fraction of sp³-hybridized carbons (Fsp3) is 0.261. The monoisotopic (exact) mass is 564 g/mol. The predicted octanol–water partition coefficient (Wildman–Crippen LogP) is 3.72. The summed E-state index contributed by atoms with van der Waals surface area (Å²) in [7, 11) is 0. The van der Waals surface area contributed by atoms with E-state index >= 15 is 0 Å². The predicted molar refractivity (Wildman–Crippen MR) is 131 cm³/mol. The molecule has 39 heavy (non-hydrogen) atoms. The van der Waals surface area contributed by atoms with E-state index in [1.165, 1.54) is 0 Å². The quantitative estimate of drug-likeness (QED) is 0.272. The van der Waals surface area contributed by atoms with Crippen molar-refractivity contribution in [3.05, 3.63) is 46.4 Å². The Hall–Kier alpha value is -4.60. The molecule has 16 heteroatoms. The molecule has 3 aromatic heterocycles. The van der Waals surface area contributed by atoms with Gasteiger partial charge in [0, 0.05) is 47.9 Å². The molecule has 4 rings (SSSR count). The zero-order valence-corrected chi connectivity index (χ0v) is 20.7. The van der Waals surface area contributed by atoms with E-state index in [1.807, 2.05) is 0 Å². The van der Waals surface area contributed by atoms with Crippen molar-refractivity contribution < 1.29 is 42.6 Å². The van der Waals surface area contributed by atoms with Crippen LogP contribution in [-0.2, 0) is 6.18 Å². The highest BCUT2D eigenvalue weighted by molar-refractivity contribution is 7.17. The van der Waals surface area contributed by atoms with Crippen molar-refractivity contribution in [1.29, 1.82) is 0 Å². The lowest BCUT2D eigenvalue weighted by Gasteiger charge is -2.15. The molecule has 0 atom stereocenters. The fourth-order valence-electron chi connectivity index (χ4n) is 3.52. The number of aromatic nitrogens is 3. The van der Waals surface area contributed by atoms with Crippen LogP contribution in [0, 0.1) is 0 Å². The number of alkyl halides is 3. The van der Waals surface area contributed by atoms with Crippen LogP contribution in [0.25, 0.3) is 21.7 Å². The van der Waals surface area contributed by atoms with Crippen LogP contribution in [0.1, 0.15) is 55.8 Å². The van der Waals surface area contributed by atoms with Gasteiger partial charge in [0.15, 0.2) is 5.69 Å². The maximum Gasteiger partial charge on any atom is 0.435 e. The largest absolute Gasteiger partial charge is 0.478 e. The lowest BCUT2D eigenvalue weighted by Crippen LogP contribution is -2.29. The summed E-state index contributed by atoms with van der Waals surface area (Å²) < 4.78 is 41.8. The number of amides is 3. The third kappa shape index (κ3) is 5.95. The molecule has 1 aliphatic rings. The van der Waals surface area contributed by atoms with Gasteiger partial charge in [0.05, 0.1) is 5.56 Å². The summed E-state index contributed by atoms with van der Waals surface area (Å²) in [5.41, 5.74) is -3.10. The molecule has 1 saturated carbocycles. The van der Waals surface area contributed by atoms with Gasteiger partial charge in [-0.1, -0.05) is 0 Å². The number of hydrogen-bond acceptors (Lipinski definition) is 8. The standard InChI is InChI=1S/C23H19F3N6O6S/c1-2-28-22(38)32-17-14(21(36)37)13(12(8-29-17)9-5-10(20(34)35)7-27-6-9)19-31-16(23(24,25)26)15(39-19)18(33)30-11-3-4-11/h5-8,11H,2-4H2,1H3,(H,30,33)(H,34,35)(H,36,37)(H2,28,29,32,38). The first kappa shape index (κ1) is 27.4. The maximum absolute atomic E-state index is 13.9. The minimum Gasteiger partial charge on any atom is -0.478 e. The summed E-state index contributed by atoms with van der Waals surface area (Å²) in [6.45, 7) is 1.78. The first-order chi connectivity index (χ1) is 18.4. The van der Waals surface area contributed by atoms with Gasteiger partial charge in [-0.15, -0.1) is 11.3 Å². The van der Waals surface area contributed by atoms with Gasteiger partial charge in [-0.2, -0.15) is 13.2 Å². The molecule has 12 nitrogen and oxygen atoms in total. The van der Waals surface area contributed by atoms with Crippen molar-refractivity contribution in [2.45, 2.75) is 32.0 Å². The van der Waals surface area contributed by atoms with E-state index in [4.69, 9.17) is 0 Å². The number of nitrogens with one attached hydrogen (secondary N) is 3. The lowest BCUT2D eigenvalue weighted by atomic mass is 9.97. The Labute approximate surface area is 221 Å². The number of carbonyl (C=O) groups is 4. The third-order valence-electron chi connectivity index (χ3n) is 5.39. The minimum atomic E-state index is -5.06. The number of rotatable bonds is 8. The van der Waals surface area contributed by atoms with E-state index < -0.39 is 62.6 Å². The number of carbonyl (C=O) groups excluding carboxylic acids is 2. The number of thiazole rings is 1. The van der Waals surface area contributed by atoms with Crippen molar-refractivity contribution in [3.63, 3.8) is 0 Å². The van der Waals surface area contributed by atoms with Crippen molar-refractivity contribution in [2.24, 2.45) is 0 Å². The molecule has 1 aliphatic carbocycles. The number of hydrogen-bond donors (Lipinski definition) is 5. The van der Waals surface area contributed by atoms with Crippen molar-refractivity contribution in [3.8, 4) is 21.7 Å². The maximum atomic E-state index is 13.9. The Morgan fingerprint density at radius 1 is 1.10 bits per heavy atom. The zero-order valence-electron chi connectivity index (χ0n) is 19.9. The number of nitrogens with zero attached hydrogens (tertiary/aromatic N) is 3. The van der Waals surface area contributed by atoms with Crippen LogP contribution in [0.15, 0.2) is 24.7 Å². The Balaban J connectivity index is 2.00. The normalized spacial score (nSPS) is 13.0. The highest BCUT2D eigenvalue weighted by Crippen LogP contribution is 2.43. The third-order valence-corrected chi connectivity index (χ3v) is 6.46. The summed E-state index contributed by atoms with van der Waals surface area (Å²) in [6.07, 6.45) is -0.614. The Morgan fingerprint density at radius 2 is 1.82 bits per heavy atom. The second-order valence-corrected chi connectivity index (χ2v) is 9.27. The molecule has 204 valence electrons. The Bertz CT molecular complexity index is 1490. The number of halogens is 3. The van der Waals surface area contributed by atoms with Gasteiger partial charge in [-0.3, -0.25) is 15.1 Å². The lowest BCUT2D eigenvalue weighted by molar-refractivity contribution is -0.141. The van der Waals surface area contributed by atoms with Gasteiger partial charge in [0.25, 0.3) is 5.91 Å². The summed E-state index contributed by atoms with van der Waals surface area (Å²) in [5, 5.41) is 26.0. The number of aromatic carboxylic acids is 2. The number of anilines is 1. The summed E-state index contributed by atoms with van der Waals surface area (Å²) in [6, 6.07) is 0.0189. The molecular formula is C23H19F3N6O6S. The fourth-order valence-corrected chi connectivity index (χ4v) is 4.58. The van der Waals surface area contributed by atoms with Gasteiger partial charge < -0.3 is 20.8 Å². The van der Waals surface area contributed by atoms with E-state index in [0.29, 0.717) is 24.2 Å². The number of pyridine rings is 2. The molecule has 0 spiro atoms. The van der Waals surface area contributed by atoms with Crippen LogP contribution < -0.4 is 16.0 Å². The molecule has 0 unspecified atom stereocenters. The highest BCUT2D eigenvalue weighted by Gasteiger charge is 2.41. The van der Waals surface area contributed by atoms with Crippen LogP contribution in [0.4, 0.5) is 23.8 Å². The van der Waals surface area contributed by atoms with E-state index in [1.54, 1.807) is 6.92 Å². The molecule has 0 aromatic carbocycles. The molecule has 5 N–H and O–H groups in total. The molecule has 3 aromatic rings. The Morgan fingerprint density at radius 3 is 2.41 bits per heavy atom. The molecule has 3 heterocycles. The van der Waals surface area contributed by atoms with Gasteiger partial charge in [0.2, 0.25) is 0 Å². The average Bonchev–Trinajstić information content (AvgIpc) is 3.55. The molecule has 0 saturated heterocycles.